The van der Waals surface area contributed by atoms with E-state index < -0.39 is 12.1 Å². The molecule has 0 atom stereocenters. The normalized spacial score (nSPS) is 14.4. The molecule has 0 saturated carbocycles. The van der Waals surface area contributed by atoms with Crippen LogP contribution < -0.4 is 0 Å². The molecule has 172 valence electrons. The van der Waals surface area contributed by atoms with E-state index >= 15 is 0 Å². The van der Waals surface area contributed by atoms with Gasteiger partial charge >= 0.3 is 0 Å². The second kappa shape index (κ2) is 7.81. The summed E-state index contributed by atoms with van der Waals surface area (Å²) in [5.41, 5.74) is 3.01. The lowest BCUT2D eigenvalue weighted by Crippen LogP contribution is -1.91. The molecule has 1 heteroatoms. The molecule has 1 heterocycles. The smallest absolute Gasteiger partial charge is 0.143 e. The van der Waals surface area contributed by atoms with Crippen molar-refractivity contribution in [1.29, 1.82) is 0 Å². The second-order valence-corrected chi connectivity index (χ2v) is 9.16. The summed E-state index contributed by atoms with van der Waals surface area (Å²) >= 11 is 0. The van der Waals surface area contributed by atoms with Crippen LogP contribution in [-0.4, -0.2) is 0 Å². The molecule has 0 aliphatic rings. The third-order valence-electron chi connectivity index (χ3n) is 7.16. The maximum atomic E-state index is 9.14. The van der Waals surface area contributed by atoms with E-state index in [4.69, 9.17) is 14.0 Å². The molecule has 0 fully saturated rings. The summed E-state index contributed by atoms with van der Waals surface area (Å²) in [6.45, 7) is 0. The molecule has 0 amide bonds. The number of hydrogen-bond acceptors (Lipinski definition) is 1. The van der Waals surface area contributed by atoms with Crippen molar-refractivity contribution < 1.29 is 14.0 Å². The SMILES string of the molecule is [2H]c1c([2H])c([2H])c2c(oc3c(-c4c5ccccc5c(-c5ccc6ccccc6c5)c5ccccc45)c([2H])c([2H])c([2H])c32)c1[2H]. The zero-order chi connectivity index (χ0) is 30.4. The quantitative estimate of drug-likeness (QED) is 0.226. The van der Waals surface area contributed by atoms with E-state index in [9.17, 15) is 0 Å². The fourth-order valence-corrected chi connectivity index (χ4v) is 5.56. The van der Waals surface area contributed by atoms with Gasteiger partial charge in [-0.2, -0.15) is 0 Å². The number of furan rings is 1. The van der Waals surface area contributed by atoms with Crippen molar-refractivity contribution in [3.8, 4) is 22.3 Å². The van der Waals surface area contributed by atoms with Crippen molar-refractivity contribution in [2.45, 2.75) is 0 Å². The maximum absolute atomic E-state index is 9.14. The first-order valence-electron chi connectivity index (χ1n) is 15.6. The Morgan fingerprint density at radius 2 is 1.11 bits per heavy atom. The fourth-order valence-electron chi connectivity index (χ4n) is 5.56. The van der Waals surface area contributed by atoms with Gasteiger partial charge in [-0.1, -0.05) is 121 Å². The minimum absolute atomic E-state index is 0.0483. The van der Waals surface area contributed by atoms with Gasteiger partial charge in [-0.05, 0) is 55.6 Å². The minimum Gasteiger partial charge on any atom is -0.455 e. The third-order valence-corrected chi connectivity index (χ3v) is 7.16. The van der Waals surface area contributed by atoms with Crippen molar-refractivity contribution >= 4 is 54.3 Å². The topological polar surface area (TPSA) is 13.1 Å². The predicted octanol–water partition coefficient (Wildman–Crippen LogP) is 10.4. The summed E-state index contributed by atoms with van der Waals surface area (Å²) in [5.74, 6) is 0. The number of para-hydroxylation sites is 2. The van der Waals surface area contributed by atoms with Crippen LogP contribution in [0.1, 0.15) is 9.60 Å². The summed E-state index contributed by atoms with van der Waals surface area (Å²) in [4.78, 5) is 0. The molecule has 0 spiro atoms. The number of fused-ring (bicyclic) bond motifs is 6. The molecule has 0 N–H and O–H groups in total. The van der Waals surface area contributed by atoms with Crippen molar-refractivity contribution in [1.82, 2.24) is 0 Å². The van der Waals surface area contributed by atoms with E-state index in [0.29, 0.717) is 5.56 Å². The zero-order valence-electron chi connectivity index (χ0n) is 26.6. The molecule has 1 nitrogen and oxygen atoms in total. The van der Waals surface area contributed by atoms with Gasteiger partial charge in [-0.3, -0.25) is 0 Å². The molecule has 0 aliphatic heterocycles. The highest BCUT2D eigenvalue weighted by molar-refractivity contribution is 6.24. The first-order chi connectivity index (χ1) is 21.3. The van der Waals surface area contributed by atoms with E-state index in [1.165, 1.54) is 0 Å². The molecular weight excluding hydrogens is 448 g/mol. The highest BCUT2D eigenvalue weighted by Gasteiger charge is 2.20. The molecule has 1 aromatic heterocycles. The van der Waals surface area contributed by atoms with Gasteiger partial charge in [0.1, 0.15) is 11.2 Å². The Labute approximate surface area is 224 Å². The van der Waals surface area contributed by atoms with Crippen LogP contribution in [0.4, 0.5) is 0 Å². The molecule has 8 rings (SSSR count). The molecule has 0 radical (unpaired) electrons. The molecule has 0 saturated heterocycles. The summed E-state index contributed by atoms with van der Waals surface area (Å²) < 4.78 is 66.6. The molecule has 0 bridgehead atoms. The first-order valence-corrected chi connectivity index (χ1v) is 12.1. The molecule has 8 aromatic rings. The Balaban J connectivity index is 1.58. The summed E-state index contributed by atoms with van der Waals surface area (Å²) in [6.07, 6.45) is 0. The lowest BCUT2D eigenvalue weighted by atomic mass is 9.85. The zero-order valence-corrected chi connectivity index (χ0v) is 19.6. The third kappa shape index (κ3) is 2.98. The number of rotatable bonds is 2. The van der Waals surface area contributed by atoms with Crippen LogP contribution in [-0.2, 0) is 0 Å². The van der Waals surface area contributed by atoms with Gasteiger partial charge < -0.3 is 4.42 Å². The standard InChI is InChI=1S/C36H22O/c1-2-11-24-22-25(21-20-23(24)10-1)34-27-13-3-5-15-29(27)35(30-16-6-4-14-28(30)34)32-18-9-17-31-26-12-7-8-19-33(26)37-36(31)32/h1-22H/i7D,8D,9D,12D,17D,18D,19D. The van der Waals surface area contributed by atoms with Crippen LogP contribution in [0.3, 0.4) is 0 Å². The molecule has 7 aromatic carbocycles. The summed E-state index contributed by atoms with van der Waals surface area (Å²) in [5, 5.41) is 5.92. The fraction of sp³-hybridized carbons (Fsp3) is 0. The van der Waals surface area contributed by atoms with Crippen LogP contribution in [0, 0.1) is 0 Å². The second-order valence-electron chi connectivity index (χ2n) is 9.16. The first kappa shape index (κ1) is 14.6. The van der Waals surface area contributed by atoms with Crippen molar-refractivity contribution in [3.05, 3.63) is 133 Å². The molecule has 0 aliphatic carbocycles. The minimum atomic E-state index is -0.442. The van der Waals surface area contributed by atoms with Gasteiger partial charge in [-0.15, -0.1) is 0 Å². The van der Waals surface area contributed by atoms with Crippen molar-refractivity contribution in [2.24, 2.45) is 0 Å². The largest absolute Gasteiger partial charge is 0.455 e. The Morgan fingerprint density at radius 3 is 1.86 bits per heavy atom. The lowest BCUT2D eigenvalue weighted by molar-refractivity contribution is 0.670. The van der Waals surface area contributed by atoms with Gasteiger partial charge in [0.05, 0.1) is 9.60 Å². The molecule has 37 heavy (non-hydrogen) atoms. The van der Waals surface area contributed by atoms with Gasteiger partial charge in [0.25, 0.3) is 0 Å². The van der Waals surface area contributed by atoms with Gasteiger partial charge in [0.15, 0.2) is 0 Å². The van der Waals surface area contributed by atoms with E-state index in [2.05, 4.69) is 30.3 Å². The van der Waals surface area contributed by atoms with Crippen LogP contribution >= 0.6 is 0 Å². The van der Waals surface area contributed by atoms with E-state index in [1.807, 2.05) is 60.7 Å². The van der Waals surface area contributed by atoms with Crippen molar-refractivity contribution in [2.75, 3.05) is 0 Å². The highest BCUT2D eigenvalue weighted by Crippen LogP contribution is 2.46. The van der Waals surface area contributed by atoms with Crippen LogP contribution in [0.2, 0.25) is 0 Å². The molecule has 0 unspecified atom stereocenters. The van der Waals surface area contributed by atoms with Crippen LogP contribution in [0.15, 0.2) is 138 Å². The van der Waals surface area contributed by atoms with E-state index in [-0.39, 0.29) is 57.7 Å². The Kier molecular flexibility index (Phi) is 3.09. The van der Waals surface area contributed by atoms with Crippen LogP contribution in [0.5, 0.6) is 0 Å². The monoisotopic (exact) mass is 477 g/mol. The summed E-state index contributed by atoms with van der Waals surface area (Å²) in [6, 6.07) is 28.0. The molecular formula is C36H22O. The Bertz CT molecular complexity index is 2470. The van der Waals surface area contributed by atoms with Crippen LogP contribution in [0.25, 0.3) is 76.5 Å². The van der Waals surface area contributed by atoms with Gasteiger partial charge in [-0.25, -0.2) is 0 Å². The van der Waals surface area contributed by atoms with Gasteiger partial charge in [0, 0.05) is 21.9 Å². The average molecular weight is 478 g/mol. The highest BCUT2D eigenvalue weighted by atomic mass is 16.3. The van der Waals surface area contributed by atoms with E-state index in [1.54, 1.807) is 0 Å². The lowest BCUT2D eigenvalue weighted by Gasteiger charge is -2.18. The maximum Gasteiger partial charge on any atom is 0.143 e. The number of benzene rings is 7. The Hall–Kier alpha value is -4.88. The Morgan fingerprint density at radius 1 is 0.486 bits per heavy atom. The number of hydrogen-bond donors (Lipinski definition) is 0. The predicted molar refractivity (Wildman–Crippen MR) is 157 cm³/mol. The van der Waals surface area contributed by atoms with Crippen molar-refractivity contribution in [3.63, 3.8) is 0 Å². The van der Waals surface area contributed by atoms with Gasteiger partial charge in [0.2, 0.25) is 0 Å². The summed E-state index contributed by atoms with van der Waals surface area (Å²) in [7, 11) is 0. The average Bonchev–Trinajstić information content (AvgIpc) is 3.45. The van der Waals surface area contributed by atoms with E-state index in [0.717, 1.165) is 43.4 Å².